The third-order valence-corrected chi connectivity index (χ3v) is 5.12. The highest BCUT2D eigenvalue weighted by molar-refractivity contribution is 9.10. The van der Waals surface area contributed by atoms with Crippen LogP contribution in [0.1, 0.15) is 25.7 Å². The molecule has 2 N–H and O–H groups in total. The number of fused-ring (bicyclic) bond motifs is 2. The summed E-state index contributed by atoms with van der Waals surface area (Å²) in [5.41, 5.74) is 0. The van der Waals surface area contributed by atoms with Gasteiger partial charge in [-0.2, -0.15) is 0 Å². The highest BCUT2D eigenvalue weighted by Crippen LogP contribution is 2.28. The van der Waals surface area contributed by atoms with Gasteiger partial charge in [-0.15, -0.1) is 10.2 Å². The summed E-state index contributed by atoms with van der Waals surface area (Å²) >= 11 is 3.34. The molecule has 2 saturated heterocycles. The molecular weight excluding hydrogens is 404 g/mol. The molecule has 2 fully saturated rings. The molecule has 1 aromatic heterocycles. The lowest BCUT2D eigenvalue weighted by molar-refractivity contribution is -0.134. The minimum absolute atomic E-state index is 0.558. The van der Waals surface area contributed by atoms with Gasteiger partial charge in [0.1, 0.15) is 4.60 Å². The Kier molecular flexibility index (Phi) is 7.52. The maximum absolute atomic E-state index is 9.55. The molecule has 2 unspecified atom stereocenters. The number of halogens is 1. The van der Waals surface area contributed by atoms with Crippen molar-refractivity contribution in [1.82, 2.24) is 15.1 Å². The third-order valence-electron chi connectivity index (χ3n) is 4.70. The largest absolute Gasteiger partial charge is 0.478 e. The fraction of sp³-hybridized carbons (Fsp3) is 0.529. The van der Waals surface area contributed by atoms with Crippen LogP contribution in [0.4, 0.5) is 5.82 Å². The van der Waals surface area contributed by atoms with Crippen LogP contribution in [0.2, 0.25) is 0 Å². The molecule has 3 heterocycles. The van der Waals surface area contributed by atoms with E-state index in [1.54, 1.807) is 0 Å². The van der Waals surface area contributed by atoms with E-state index in [0.29, 0.717) is 18.2 Å². The Morgan fingerprint density at radius 2 is 1.77 bits per heavy atom. The van der Waals surface area contributed by atoms with Crippen molar-refractivity contribution in [3.63, 3.8) is 0 Å². The number of aromatic nitrogens is 2. The Morgan fingerprint density at radius 1 is 1.12 bits per heavy atom. The number of anilines is 1. The second kappa shape index (κ2) is 9.63. The molecule has 26 heavy (non-hydrogen) atoms. The van der Waals surface area contributed by atoms with E-state index in [2.05, 4.69) is 49.0 Å². The van der Waals surface area contributed by atoms with Crippen molar-refractivity contribution in [1.29, 1.82) is 0 Å². The maximum atomic E-state index is 9.55. The van der Waals surface area contributed by atoms with Crippen LogP contribution >= 0.6 is 15.9 Å². The van der Waals surface area contributed by atoms with Crippen molar-refractivity contribution < 1.29 is 19.8 Å². The molecule has 0 spiro atoms. The Labute approximate surface area is 160 Å². The first-order chi connectivity index (χ1) is 12.4. The topological polar surface area (TPSA) is 107 Å². The van der Waals surface area contributed by atoms with Gasteiger partial charge in [0.05, 0.1) is 0 Å². The highest BCUT2D eigenvalue weighted by atomic mass is 79.9. The Balaban J connectivity index is 0.000000260. The zero-order valence-corrected chi connectivity index (χ0v) is 16.2. The van der Waals surface area contributed by atoms with Crippen LogP contribution in [0.3, 0.4) is 0 Å². The molecule has 0 amide bonds. The molecule has 2 aliphatic heterocycles. The summed E-state index contributed by atoms with van der Waals surface area (Å²) < 4.78 is 0.803. The maximum Gasteiger partial charge on any atom is 0.328 e. The van der Waals surface area contributed by atoms with Crippen LogP contribution < -0.4 is 4.90 Å². The minimum atomic E-state index is -1.26. The number of hydrogen-bond donors (Lipinski definition) is 2. The van der Waals surface area contributed by atoms with E-state index in [0.717, 1.165) is 29.6 Å². The summed E-state index contributed by atoms with van der Waals surface area (Å²) in [5, 5.41) is 24.0. The normalized spacial score (nSPS) is 23.1. The van der Waals surface area contributed by atoms with Crippen molar-refractivity contribution in [3.05, 3.63) is 28.9 Å². The van der Waals surface area contributed by atoms with Crippen LogP contribution in [-0.2, 0) is 9.59 Å². The van der Waals surface area contributed by atoms with Crippen LogP contribution in [0.5, 0.6) is 0 Å². The molecule has 142 valence electrons. The van der Waals surface area contributed by atoms with Gasteiger partial charge in [-0.25, -0.2) is 9.59 Å². The molecule has 2 atom stereocenters. The lowest BCUT2D eigenvalue weighted by Crippen LogP contribution is -2.45. The summed E-state index contributed by atoms with van der Waals surface area (Å²) in [6.07, 6.45) is 6.40. The molecule has 2 bridgehead atoms. The van der Waals surface area contributed by atoms with Gasteiger partial charge in [-0.1, -0.05) is 6.42 Å². The first-order valence-corrected chi connectivity index (χ1v) is 9.26. The Bertz CT molecular complexity index is 637. The number of hydrogen-bond acceptors (Lipinski definition) is 6. The summed E-state index contributed by atoms with van der Waals surface area (Å²) in [4.78, 5) is 24.1. The number of likely N-dealkylation sites (N-methyl/N-ethyl adjacent to an activating group) is 1. The second-order valence-electron chi connectivity index (χ2n) is 6.36. The fourth-order valence-corrected chi connectivity index (χ4v) is 3.55. The van der Waals surface area contributed by atoms with Gasteiger partial charge in [0.2, 0.25) is 0 Å². The number of carboxylic acids is 2. The molecule has 0 saturated carbocycles. The van der Waals surface area contributed by atoms with Gasteiger partial charge in [-0.05, 0) is 54.4 Å². The van der Waals surface area contributed by atoms with Crippen LogP contribution in [0, 0.1) is 0 Å². The molecule has 0 aromatic carbocycles. The number of rotatable bonds is 3. The monoisotopic (exact) mass is 426 g/mol. The van der Waals surface area contributed by atoms with E-state index >= 15 is 0 Å². The van der Waals surface area contributed by atoms with Crippen molar-refractivity contribution >= 4 is 33.7 Å². The third kappa shape index (κ3) is 6.06. The van der Waals surface area contributed by atoms with E-state index in [-0.39, 0.29) is 0 Å². The van der Waals surface area contributed by atoms with Gasteiger partial charge < -0.3 is 15.1 Å². The standard InChI is InChI=1S/C13H19BrN4.C4H4O4/c1-17-10-3-2-4-11(17)9-18(8-7-10)13-6-5-12(14)15-16-13;5-3(6)1-2-4(7)8/h5-6,10-11H,2-4,7-9H2,1H3;1-2H,(H,5,6)(H,7,8)/b;2-1+. The zero-order chi connectivity index (χ0) is 19.1. The lowest BCUT2D eigenvalue weighted by Gasteiger charge is -2.37. The lowest BCUT2D eigenvalue weighted by atomic mass is 9.96. The average Bonchev–Trinajstić information content (AvgIpc) is 2.69. The summed E-state index contributed by atoms with van der Waals surface area (Å²) in [6, 6.07) is 5.48. The SMILES string of the molecule is CN1C2CCCC1CN(c1ccc(Br)nn1)CC2.O=C(O)/C=C/C(=O)O. The number of carboxylic acid groups (broad SMARTS) is 2. The molecule has 8 nitrogen and oxygen atoms in total. The summed E-state index contributed by atoms with van der Waals surface area (Å²) in [6.45, 7) is 2.19. The average molecular weight is 427 g/mol. The predicted octanol–water partition coefficient (Wildman–Crippen LogP) is 2.01. The van der Waals surface area contributed by atoms with Gasteiger partial charge in [0, 0.05) is 37.3 Å². The van der Waals surface area contributed by atoms with E-state index in [1.807, 2.05) is 6.07 Å². The Morgan fingerprint density at radius 3 is 2.35 bits per heavy atom. The van der Waals surface area contributed by atoms with E-state index in [4.69, 9.17) is 10.2 Å². The van der Waals surface area contributed by atoms with Gasteiger partial charge in [0.25, 0.3) is 0 Å². The van der Waals surface area contributed by atoms with Gasteiger partial charge >= 0.3 is 11.9 Å². The smallest absolute Gasteiger partial charge is 0.328 e. The molecule has 0 aliphatic carbocycles. The summed E-state index contributed by atoms with van der Waals surface area (Å²) in [5.74, 6) is -1.50. The van der Waals surface area contributed by atoms with E-state index in [9.17, 15) is 9.59 Å². The Hall–Kier alpha value is -2.00. The van der Waals surface area contributed by atoms with Gasteiger partial charge in [0.15, 0.2) is 5.82 Å². The zero-order valence-electron chi connectivity index (χ0n) is 14.6. The van der Waals surface area contributed by atoms with E-state index in [1.165, 1.54) is 25.7 Å². The highest BCUT2D eigenvalue weighted by Gasteiger charge is 2.32. The van der Waals surface area contributed by atoms with Crippen molar-refractivity contribution in [3.8, 4) is 0 Å². The number of nitrogens with zero attached hydrogens (tertiary/aromatic N) is 4. The molecule has 2 aliphatic rings. The van der Waals surface area contributed by atoms with Crippen molar-refractivity contribution in [2.45, 2.75) is 37.8 Å². The van der Waals surface area contributed by atoms with E-state index < -0.39 is 11.9 Å². The fourth-order valence-electron chi connectivity index (χ4n) is 3.34. The molecule has 9 heteroatoms. The molecule has 0 radical (unpaired) electrons. The minimum Gasteiger partial charge on any atom is -0.478 e. The first-order valence-electron chi connectivity index (χ1n) is 8.47. The van der Waals surface area contributed by atoms with Crippen molar-refractivity contribution in [2.75, 3.05) is 25.0 Å². The van der Waals surface area contributed by atoms with Gasteiger partial charge in [-0.3, -0.25) is 4.90 Å². The number of aliphatic carboxylic acids is 2. The van der Waals surface area contributed by atoms with Crippen LogP contribution in [0.15, 0.2) is 28.9 Å². The molecule has 1 aromatic rings. The number of carbonyl (C=O) groups is 2. The predicted molar refractivity (Wildman–Crippen MR) is 100 cm³/mol. The van der Waals surface area contributed by atoms with Crippen molar-refractivity contribution in [2.24, 2.45) is 0 Å². The summed E-state index contributed by atoms with van der Waals surface area (Å²) in [7, 11) is 2.28. The number of piperidine rings is 1. The quantitative estimate of drug-likeness (QED) is 0.706. The van der Waals surface area contributed by atoms with Crippen LogP contribution in [0.25, 0.3) is 0 Å². The molecule has 3 rings (SSSR count). The first kappa shape index (κ1) is 20.3. The molecular formula is C17H23BrN4O4. The second-order valence-corrected chi connectivity index (χ2v) is 7.18. The van der Waals surface area contributed by atoms with Crippen LogP contribution in [-0.4, -0.2) is 69.5 Å².